The number of anilines is 1. The third-order valence-corrected chi connectivity index (χ3v) is 2.50. The topological polar surface area (TPSA) is 63.2 Å². The van der Waals surface area contributed by atoms with E-state index in [0.29, 0.717) is 30.6 Å². The fourth-order valence-corrected chi connectivity index (χ4v) is 1.50. The lowest BCUT2D eigenvalue weighted by atomic mass is 10.2. The summed E-state index contributed by atoms with van der Waals surface area (Å²) in [6.45, 7) is 9.07. The van der Waals surface area contributed by atoms with E-state index in [0.717, 1.165) is 0 Å². The van der Waals surface area contributed by atoms with Crippen LogP contribution in [0.5, 0.6) is 5.75 Å². The molecular weight excluding hydrogens is 242 g/mol. The Bertz CT molecular complexity index is 407. The second kappa shape index (κ2) is 7.61. The molecule has 0 aliphatic rings. The molecule has 1 aromatic rings. The molecule has 0 saturated heterocycles. The van der Waals surface area contributed by atoms with Crippen LogP contribution in [-0.2, 0) is 4.79 Å². The molecule has 0 bridgehead atoms. The first-order chi connectivity index (χ1) is 9.04. The van der Waals surface area contributed by atoms with Gasteiger partial charge < -0.3 is 15.4 Å². The van der Waals surface area contributed by atoms with E-state index in [2.05, 4.69) is 29.5 Å². The minimum atomic E-state index is -0.354. The molecule has 1 rings (SSSR count). The molecule has 0 spiro atoms. The minimum absolute atomic E-state index is 0.0400. The van der Waals surface area contributed by atoms with Crippen LogP contribution in [0.3, 0.4) is 0 Å². The van der Waals surface area contributed by atoms with Crippen molar-refractivity contribution in [2.45, 2.75) is 33.7 Å². The van der Waals surface area contributed by atoms with E-state index >= 15 is 0 Å². The van der Waals surface area contributed by atoms with Gasteiger partial charge >= 0.3 is 0 Å². The van der Waals surface area contributed by atoms with Gasteiger partial charge in [-0.1, -0.05) is 13.8 Å². The van der Waals surface area contributed by atoms with Crippen molar-refractivity contribution in [1.29, 1.82) is 0 Å². The van der Waals surface area contributed by atoms with Crippen LogP contribution in [0.1, 0.15) is 27.7 Å². The number of amides is 1. The van der Waals surface area contributed by atoms with E-state index < -0.39 is 0 Å². The molecule has 1 aromatic heterocycles. The Morgan fingerprint density at radius 2 is 2.16 bits per heavy atom. The first-order valence-corrected chi connectivity index (χ1v) is 6.66. The number of ether oxygens (including phenoxy) is 1. The Morgan fingerprint density at radius 3 is 2.79 bits per heavy atom. The van der Waals surface area contributed by atoms with Crippen molar-refractivity contribution in [3.63, 3.8) is 0 Å². The first kappa shape index (κ1) is 15.3. The van der Waals surface area contributed by atoms with Crippen molar-refractivity contribution in [2.75, 3.05) is 18.5 Å². The van der Waals surface area contributed by atoms with E-state index in [9.17, 15) is 4.79 Å². The lowest BCUT2D eigenvalue weighted by Crippen LogP contribution is -2.39. The van der Waals surface area contributed by atoms with Crippen molar-refractivity contribution in [2.24, 2.45) is 5.92 Å². The lowest BCUT2D eigenvalue weighted by Gasteiger charge is -2.17. The van der Waals surface area contributed by atoms with Crippen LogP contribution in [0.4, 0.5) is 5.82 Å². The van der Waals surface area contributed by atoms with Gasteiger partial charge in [-0.3, -0.25) is 4.79 Å². The predicted molar refractivity (Wildman–Crippen MR) is 76.3 cm³/mol. The second-order valence-electron chi connectivity index (χ2n) is 4.79. The summed E-state index contributed by atoms with van der Waals surface area (Å²) in [5.74, 6) is 1.65. The average Bonchev–Trinajstić information content (AvgIpc) is 2.38. The normalized spacial score (nSPS) is 12.1. The Labute approximate surface area is 114 Å². The van der Waals surface area contributed by atoms with E-state index in [1.54, 1.807) is 19.2 Å². The van der Waals surface area contributed by atoms with Crippen LogP contribution in [0.15, 0.2) is 18.3 Å². The number of hydrogen-bond acceptors (Lipinski definition) is 4. The number of nitrogens with zero attached hydrogens (tertiary/aromatic N) is 1. The molecule has 1 unspecified atom stereocenters. The number of aromatic nitrogens is 1. The molecule has 5 heteroatoms. The van der Waals surface area contributed by atoms with Gasteiger partial charge in [0.2, 0.25) is 5.91 Å². The van der Waals surface area contributed by atoms with E-state index in [1.807, 2.05) is 13.0 Å². The zero-order chi connectivity index (χ0) is 14.3. The maximum atomic E-state index is 11.9. The highest BCUT2D eigenvalue weighted by Gasteiger charge is 2.15. The molecule has 1 atom stereocenters. The van der Waals surface area contributed by atoms with Gasteiger partial charge in [0.05, 0.1) is 6.61 Å². The Kier molecular flexibility index (Phi) is 6.12. The fraction of sp³-hybridized carbons (Fsp3) is 0.571. The molecular formula is C14H23N3O2. The smallest absolute Gasteiger partial charge is 0.242 e. The molecule has 1 amide bonds. The molecule has 0 aliphatic carbocycles. The summed E-state index contributed by atoms with van der Waals surface area (Å²) in [7, 11) is 0. The van der Waals surface area contributed by atoms with Gasteiger partial charge in [-0.25, -0.2) is 4.98 Å². The third kappa shape index (κ3) is 5.16. The first-order valence-electron chi connectivity index (χ1n) is 6.66. The van der Waals surface area contributed by atoms with Crippen LogP contribution >= 0.6 is 0 Å². The average molecular weight is 265 g/mol. The van der Waals surface area contributed by atoms with Gasteiger partial charge in [0.1, 0.15) is 6.04 Å². The van der Waals surface area contributed by atoms with Crippen LogP contribution in [-0.4, -0.2) is 30.1 Å². The fourth-order valence-electron chi connectivity index (χ4n) is 1.50. The Morgan fingerprint density at radius 1 is 1.42 bits per heavy atom. The van der Waals surface area contributed by atoms with Crippen LogP contribution in [0, 0.1) is 5.92 Å². The molecule has 106 valence electrons. The summed E-state index contributed by atoms with van der Waals surface area (Å²) in [5, 5.41) is 5.95. The van der Waals surface area contributed by atoms with Gasteiger partial charge in [-0.15, -0.1) is 0 Å². The Hall–Kier alpha value is -1.78. The molecule has 0 radical (unpaired) electrons. The van der Waals surface area contributed by atoms with Crippen molar-refractivity contribution >= 4 is 11.7 Å². The molecule has 0 fully saturated rings. The highest BCUT2D eigenvalue weighted by Crippen LogP contribution is 2.21. The van der Waals surface area contributed by atoms with Crippen molar-refractivity contribution in [3.05, 3.63) is 18.3 Å². The Balaban J connectivity index is 2.60. The zero-order valence-electron chi connectivity index (χ0n) is 12.1. The highest BCUT2D eigenvalue weighted by molar-refractivity contribution is 5.84. The third-order valence-electron chi connectivity index (χ3n) is 2.50. The maximum Gasteiger partial charge on any atom is 0.242 e. The zero-order valence-corrected chi connectivity index (χ0v) is 12.1. The second-order valence-corrected chi connectivity index (χ2v) is 4.79. The van der Waals surface area contributed by atoms with Crippen molar-refractivity contribution < 1.29 is 9.53 Å². The van der Waals surface area contributed by atoms with E-state index in [1.165, 1.54) is 0 Å². The molecule has 2 N–H and O–H groups in total. The molecule has 0 aromatic carbocycles. The number of hydrogen-bond donors (Lipinski definition) is 2. The van der Waals surface area contributed by atoms with E-state index in [-0.39, 0.29) is 11.9 Å². The summed E-state index contributed by atoms with van der Waals surface area (Å²) in [6, 6.07) is 3.28. The lowest BCUT2D eigenvalue weighted by molar-refractivity contribution is -0.121. The van der Waals surface area contributed by atoms with Crippen molar-refractivity contribution in [1.82, 2.24) is 10.3 Å². The van der Waals surface area contributed by atoms with Crippen molar-refractivity contribution in [3.8, 4) is 5.75 Å². The monoisotopic (exact) mass is 265 g/mol. The van der Waals surface area contributed by atoms with Gasteiger partial charge in [-0.05, 0) is 31.9 Å². The molecule has 0 aliphatic heterocycles. The predicted octanol–water partition coefficient (Wildman–Crippen LogP) is 2.05. The minimum Gasteiger partial charge on any atom is -0.490 e. The number of carbonyl (C=O) groups is 1. The van der Waals surface area contributed by atoms with Gasteiger partial charge in [0.15, 0.2) is 11.6 Å². The molecule has 19 heavy (non-hydrogen) atoms. The van der Waals surface area contributed by atoms with Gasteiger partial charge in [-0.2, -0.15) is 0 Å². The highest BCUT2D eigenvalue weighted by atomic mass is 16.5. The number of nitrogens with one attached hydrogen (secondary N) is 2. The van der Waals surface area contributed by atoms with Crippen LogP contribution in [0.2, 0.25) is 0 Å². The van der Waals surface area contributed by atoms with Gasteiger partial charge in [0, 0.05) is 12.7 Å². The van der Waals surface area contributed by atoms with E-state index in [4.69, 9.17) is 4.74 Å². The molecule has 0 saturated carbocycles. The van der Waals surface area contributed by atoms with Crippen LogP contribution in [0.25, 0.3) is 0 Å². The summed E-state index contributed by atoms with van der Waals surface area (Å²) >= 11 is 0. The largest absolute Gasteiger partial charge is 0.490 e. The van der Waals surface area contributed by atoms with Crippen LogP contribution < -0.4 is 15.4 Å². The maximum absolute atomic E-state index is 11.9. The molecule has 5 nitrogen and oxygen atoms in total. The number of rotatable bonds is 7. The quantitative estimate of drug-likeness (QED) is 0.792. The number of carbonyl (C=O) groups excluding carboxylic acids is 1. The van der Waals surface area contributed by atoms with Gasteiger partial charge in [0.25, 0.3) is 0 Å². The summed E-state index contributed by atoms with van der Waals surface area (Å²) in [6.07, 6.45) is 1.67. The SMILES string of the molecule is CCOc1cccnc1NC(C)C(=O)NCC(C)C. The summed E-state index contributed by atoms with van der Waals surface area (Å²) in [4.78, 5) is 16.1. The number of pyridine rings is 1. The summed E-state index contributed by atoms with van der Waals surface area (Å²) in [5.41, 5.74) is 0. The molecule has 1 heterocycles. The summed E-state index contributed by atoms with van der Waals surface area (Å²) < 4.78 is 5.46. The standard InChI is InChI=1S/C14H23N3O2/c1-5-19-12-7-6-8-15-13(12)17-11(4)14(18)16-9-10(2)3/h6-8,10-11H,5,9H2,1-4H3,(H,15,17)(H,16,18).